The second-order valence-electron chi connectivity index (χ2n) is 13.3. The highest BCUT2D eigenvalue weighted by Gasteiger charge is 2.54. The molecule has 0 N–H and O–H groups in total. The van der Waals surface area contributed by atoms with Crippen LogP contribution in [0.4, 0.5) is 17.1 Å². The summed E-state index contributed by atoms with van der Waals surface area (Å²) in [5, 5.41) is 0. The van der Waals surface area contributed by atoms with E-state index in [9.17, 15) is 4.79 Å². The van der Waals surface area contributed by atoms with Crippen LogP contribution in [0.15, 0.2) is 161 Å². The number of nitrogens with zero attached hydrogens (tertiary/aromatic N) is 1. The molecular weight excluding hydrogens is 615 g/mol. The van der Waals surface area contributed by atoms with Crippen molar-refractivity contribution >= 4 is 34.6 Å². The smallest absolute Gasteiger partial charge is 0.193 e. The van der Waals surface area contributed by atoms with E-state index in [0.717, 1.165) is 27.9 Å². The molecule has 0 aromatic heterocycles. The minimum absolute atomic E-state index is 0.0848. The molecule has 7 aromatic carbocycles. The van der Waals surface area contributed by atoms with Crippen LogP contribution in [0.25, 0.3) is 22.3 Å². The molecule has 7 aromatic rings. The second kappa shape index (κ2) is 10.4. The minimum Gasteiger partial charge on any atom is -0.307 e. The van der Waals surface area contributed by atoms with Crippen LogP contribution in [0.1, 0.15) is 49.3 Å². The Kier molecular flexibility index (Phi) is 6.04. The Bertz CT molecular complexity index is 2500. The molecule has 2 heterocycles. The number of rotatable bonds is 2. The number of ketones is 1. The third-order valence-electron chi connectivity index (χ3n) is 10.8. The van der Waals surface area contributed by atoms with Crippen molar-refractivity contribution in [2.45, 2.75) is 29.1 Å². The van der Waals surface area contributed by atoms with E-state index >= 15 is 0 Å². The summed E-state index contributed by atoms with van der Waals surface area (Å²) in [6, 6.07) is 54.4. The quantitative estimate of drug-likeness (QED) is 0.187. The van der Waals surface area contributed by atoms with E-state index in [1.807, 2.05) is 36.0 Å². The van der Waals surface area contributed by atoms with E-state index in [-0.39, 0.29) is 5.78 Å². The van der Waals surface area contributed by atoms with Crippen molar-refractivity contribution in [1.29, 1.82) is 0 Å². The summed E-state index contributed by atoms with van der Waals surface area (Å²) in [7, 11) is 0. The molecule has 1 spiro atoms. The van der Waals surface area contributed by atoms with Crippen LogP contribution in [0.3, 0.4) is 0 Å². The standard InChI is InChI=1S/C46H31NOS/c1-28-13-3-5-15-31(28)30-23-25-41-40(27-30)47-39-22-12-11-21-38(39)46(36-19-9-7-17-34(36)45(48)35-18-8-10-20-37(35)46)43-33(24-26-42(49-41)44(43)47)32-16-6-4-14-29(32)2/h3-27H,1-2H3. The summed E-state index contributed by atoms with van der Waals surface area (Å²) in [6.07, 6.45) is 0. The molecule has 3 aliphatic rings. The number of anilines is 3. The molecule has 0 saturated carbocycles. The molecule has 0 unspecified atom stereocenters. The summed E-state index contributed by atoms with van der Waals surface area (Å²) in [4.78, 5) is 19.3. The summed E-state index contributed by atoms with van der Waals surface area (Å²) in [5.41, 5.74) is 16.1. The van der Waals surface area contributed by atoms with E-state index < -0.39 is 5.41 Å². The summed E-state index contributed by atoms with van der Waals surface area (Å²) in [6.45, 7) is 4.39. The first kappa shape index (κ1) is 28.4. The first-order valence-corrected chi connectivity index (χ1v) is 17.6. The number of fused-ring (bicyclic) bond motifs is 10. The molecular formula is C46H31NOS. The van der Waals surface area contributed by atoms with Gasteiger partial charge in [0.05, 0.1) is 22.5 Å². The van der Waals surface area contributed by atoms with E-state index in [1.165, 1.54) is 65.7 Å². The van der Waals surface area contributed by atoms with Crippen molar-refractivity contribution in [1.82, 2.24) is 0 Å². The molecule has 232 valence electrons. The van der Waals surface area contributed by atoms with Gasteiger partial charge in [0, 0.05) is 26.5 Å². The zero-order valence-electron chi connectivity index (χ0n) is 27.2. The van der Waals surface area contributed by atoms with Gasteiger partial charge in [-0.15, -0.1) is 0 Å². The minimum atomic E-state index is -0.733. The molecule has 0 bridgehead atoms. The fraction of sp³-hybridized carbons (Fsp3) is 0.0652. The molecule has 49 heavy (non-hydrogen) atoms. The van der Waals surface area contributed by atoms with E-state index in [1.54, 1.807) is 0 Å². The third kappa shape index (κ3) is 3.77. The summed E-state index contributed by atoms with van der Waals surface area (Å²) in [5.74, 6) is 0.0848. The van der Waals surface area contributed by atoms with Crippen molar-refractivity contribution in [3.8, 4) is 22.3 Å². The zero-order chi connectivity index (χ0) is 32.9. The predicted octanol–water partition coefficient (Wildman–Crippen LogP) is 11.8. The lowest BCUT2D eigenvalue weighted by molar-refractivity contribution is 0.103. The molecule has 2 aliphatic heterocycles. The van der Waals surface area contributed by atoms with Crippen LogP contribution in [0.2, 0.25) is 0 Å². The third-order valence-corrected chi connectivity index (χ3v) is 11.9. The molecule has 0 saturated heterocycles. The van der Waals surface area contributed by atoms with Gasteiger partial charge in [-0.05, 0) is 88.2 Å². The Morgan fingerprint density at radius 2 is 1.04 bits per heavy atom. The second-order valence-corrected chi connectivity index (χ2v) is 14.4. The topological polar surface area (TPSA) is 20.3 Å². The number of aryl methyl sites for hydroxylation is 2. The van der Waals surface area contributed by atoms with Crippen molar-refractivity contribution < 1.29 is 4.79 Å². The number of benzene rings is 7. The molecule has 0 radical (unpaired) electrons. The molecule has 0 fully saturated rings. The van der Waals surface area contributed by atoms with Gasteiger partial charge in [-0.2, -0.15) is 0 Å². The number of carbonyl (C=O) groups is 1. The highest BCUT2D eigenvalue weighted by molar-refractivity contribution is 7.99. The van der Waals surface area contributed by atoms with Gasteiger partial charge in [0.1, 0.15) is 0 Å². The van der Waals surface area contributed by atoms with Crippen molar-refractivity contribution in [2.24, 2.45) is 0 Å². The Morgan fingerprint density at radius 1 is 0.490 bits per heavy atom. The number of hydrogen-bond acceptors (Lipinski definition) is 3. The Hall–Kier alpha value is -5.64. The monoisotopic (exact) mass is 645 g/mol. The SMILES string of the molecule is Cc1ccccc1-c1ccc2c(c1)N1c3ccccc3C3(c4ccccc4C(=O)c4ccccc43)c3c(-c4ccccc4C)ccc(c31)S2. The van der Waals surface area contributed by atoms with Gasteiger partial charge in [0.2, 0.25) is 0 Å². The maximum absolute atomic E-state index is 14.3. The maximum atomic E-state index is 14.3. The van der Waals surface area contributed by atoms with Gasteiger partial charge in [-0.1, -0.05) is 139 Å². The molecule has 10 rings (SSSR count). The summed E-state index contributed by atoms with van der Waals surface area (Å²) >= 11 is 1.84. The normalized spacial score (nSPS) is 14.4. The van der Waals surface area contributed by atoms with E-state index in [4.69, 9.17) is 0 Å². The van der Waals surface area contributed by atoms with Gasteiger partial charge in [-0.3, -0.25) is 4.79 Å². The Labute approximate surface area is 290 Å². The van der Waals surface area contributed by atoms with Gasteiger partial charge >= 0.3 is 0 Å². The zero-order valence-corrected chi connectivity index (χ0v) is 28.0. The predicted molar refractivity (Wildman–Crippen MR) is 201 cm³/mol. The molecule has 1 aliphatic carbocycles. The lowest BCUT2D eigenvalue weighted by atomic mass is 9.56. The van der Waals surface area contributed by atoms with Crippen molar-refractivity contribution in [3.63, 3.8) is 0 Å². The Balaban J connectivity index is 1.39. The van der Waals surface area contributed by atoms with E-state index in [2.05, 4.69) is 146 Å². The maximum Gasteiger partial charge on any atom is 0.193 e. The van der Waals surface area contributed by atoms with Crippen LogP contribution in [0.5, 0.6) is 0 Å². The van der Waals surface area contributed by atoms with Crippen molar-refractivity contribution in [3.05, 3.63) is 196 Å². The van der Waals surface area contributed by atoms with Gasteiger partial charge < -0.3 is 4.90 Å². The van der Waals surface area contributed by atoms with Gasteiger partial charge in [0.25, 0.3) is 0 Å². The first-order valence-electron chi connectivity index (χ1n) is 16.8. The lowest BCUT2D eigenvalue weighted by Gasteiger charge is -2.51. The highest BCUT2D eigenvalue weighted by atomic mass is 32.2. The number of para-hydroxylation sites is 1. The molecule has 0 atom stereocenters. The number of carbonyl (C=O) groups excluding carboxylic acids is 1. The fourth-order valence-electron chi connectivity index (χ4n) is 8.67. The fourth-order valence-corrected chi connectivity index (χ4v) is 9.73. The van der Waals surface area contributed by atoms with Crippen LogP contribution in [0, 0.1) is 13.8 Å². The van der Waals surface area contributed by atoms with Crippen LogP contribution in [-0.4, -0.2) is 5.78 Å². The van der Waals surface area contributed by atoms with Crippen LogP contribution in [-0.2, 0) is 5.41 Å². The number of hydrogen-bond donors (Lipinski definition) is 0. The lowest BCUT2D eigenvalue weighted by Crippen LogP contribution is -2.43. The van der Waals surface area contributed by atoms with Gasteiger partial charge in [0.15, 0.2) is 5.78 Å². The molecule has 0 amide bonds. The highest BCUT2D eigenvalue weighted by Crippen LogP contribution is 2.66. The van der Waals surface area contributed by atoms with E-state index in [0.29, 0.717) is 0 Å². The molecule has 3 heteroatoms. The molecule has 2 nitrogen and oxygen atoms in total. The summed E-state index contributed by atoms with van der Waals surface area (Å²) < 4.78 is 0. The van der Waals surface area contributed by atoms with Gasteiger partial charge in [-0.25, -0.2) is 0 Å². The average molecular weight is 646 g/mol. The van der Waals surface area contributed by atoms with Crippen LogP contribution >= 0.6 is 11.8 Å². The van der Waals surface area contributed by atoms with Crippen LogP contribution < -0.4 is 4.90 Å². The average Bonchev–Trinajstić information content (AvgIpc) is 3.15. The van der Waals surface area contributed by atoms with Crippen molar-refractivity contribution in [2.75, 3.05) is 4.90 Å². The Morgan fingerprint density at radius 3 is 1.71 bits per heavy atom. The largest absolute Gasteiger partial charge is 0.307 e. The first-order chi connectivity index (χ1) is 24.1.